The highest BCUT2D eigenvalue weighted by atomic mass is 14.9. The maximum Gasteiger partial charge on any atom is 0.0206 e. The van der Waals surface area contributed by atoms with E-state index in [1.807, 2.05) is 6.07 Å². The SMILES string of the molecule is CCC(CC)CNC[C@H](N)Cc1ccccc1. The van der Waals surface area contributed by atoms with Crippen LogP contribution in [0.5, 0.6) is 0 Å². The lowest BCUT2D eigenvalue weighted by atomic mass is 10.0. The largest absolute Gasteiger partial charge is 0.326 e. The first-order chi connectivity index (χ1) is 8.26. The third kappa shape index (κ3) is 5.85. The minimum Gasteiger partial charge on any atom is -0.326 e. The summed E-state index contributed by atoms with van der Waals surface area (Å²) in [5.41, 5.74) is 7.44. The van der Waals surface area contributed by atoms with Crippen molar-refractivity contribution in [3.05, 3.63) is 35.9 Å². The molecule has 1 aromatic carbocycles. The fraction of sp³-hybridized carbons (Fsp3) is 0.600. The highest BCUT2D eigenvalue weighted by Crippen LogP contribution is 2.05. The van der Waals surface area contributed by atoms with Crippen LogP contribution < -0.4 is 11.1 Å². The lowest BCUT2D eigenvalue weighted by Crippen LogP contribution is -2.37. The van der Waals surface area contributed by atoms with Gasteiger partial charge in [0.15, 0.2) is 0 Å². The van der Waals surface area contributed by atoms with Gasteiger partial charge in [-0.15, -0.1) is 0 Å². The van der Waals surface area contributed by atoms with Gasteiger partial charge in [-0.3, -0.25) is 0 Å². The molecule has 0 aliphatic carbocycles. The van der Waals surface area contributed by atoms with Crippen LogP contribution in [0.1, 0.15) is 32.3 Å². The second-order valence-corrected chi connectivity index (χ2v) is 4.79. The third-order valence-corrected chi connectivity index (χ3v) is 3.33. The molecule has 0 aromatic heterocycles. The van der Waals surface area contributed by atoms with Gasteiger partial charge in [0.05, 0.1) is 0 Å². The third-order valence-electron chi connectivity index (χ3n) is 3.33. The van der Waals surface area contributed by atoms with Crippen LogP contribution in [0.15, 0.2) is 30.3 Å². The van der Waals surface area contributed by atoms with Crippen molar-refractivity contribution in [2.75, 3.05) is 13.1 Å². The summed E-state index contributed by atoms with van der Waals surface area (Å²) in [4.78, 5) is 0. The summed E-state index contributed by atoms with van der Waals surface area (Å²) < 4.78 is 0. The van der Waals surface area contributed by atoms with Gasteiger partial charge in [-0.05, 0) is 24.4 Å². The van der Waals surface area contributed by atoms with Gasteiger partial charge in [0.25, 0.3) is 0 Å². The van der Waals surface area contributed by atoms with Crippen LogP contribution in [0.3, 0.4) is 0 Å². The molecule has 0 saturated heterocycles. The molecule has 0 heterocycles. The van der Waals surface area contributed by atoms with Crippen molar-refractivity contribution in [3.8, 4) is 0 Å². The fourth-order valence-electron chi connectivity index (χ4n) is 2.04. The molecule has 2 nitrogen and oxygen atoms in total. The van der Waals surface area contributed by atoms with Crippen molar-refractivity contribution in [1.82, 2.24) is 5.32 Å². The molecule has 1 aromatic rings. The van der Waals surface area contributed by atoms with E-state index < -0.39 is 0 Å². The molecule has 1 rings (SSSR count). The predicted octanol–water partition coefficient (Wildman–Crippen LogP) is 2.58. The van der Waals surface area contributed by atoms with Crippen LogP contribution in [-0.4, -0.2) is 19.1 Å². The molecule has 17 heavy (non-hydrogen) atoms. The number of nitrogens with two attached hydrogens (primary N) is 1. The molecule has 0 unspecified atom stereocenters. The van der Waals surface area contributed by atoms with Crippen LogP contribution in [0.2, 0.25) is 0 Å². The predicted molar refractivity (Wildman–Crippen MR) is 75.1 cm³/mol. The average molecular weight is 234 g/mol. The highest BCUT2D eigenvalue weighted by molar-refractivity contribution is 5.15. The van der Waals surface area contributed by atoms with E-state index >= 15 is 0 Å². The Morgan fingerprint density at radius 3 is 2.29 bits per heavy atom. The molecule has 0 aliphatic heterocycles. The van der Waals surface area contributed by atoms with E-state index in [0.717, 1.165) is 25.4 Å². The lowest BCUT2D eigenvalue weighted by Gasteiger charge is -2.16. The van der Waals surface area contributed by atoms with Gasteiger partial charge in [-0.25, -0.2) is 0 Å². The van der Waals surface area contributed by atoms with Crippen molar-refractivity contribution in [1.29, 1.82) is 0 Å². The molecule has 3 N–H and O–H groups in total. The molecule has 0 amide bonds. The summed E-state index contributed by atoms with van der Waals surface area (Å²) in [6, 6.07) is 10.7. The number of hydrogen-bond donors (Lipinski definition) is 2. The van der Waals surface area contributed by atoms with E-state index in [9.17, 15) is 0 Å². The average Bonchev–Trinajstić information content (AvgIpc) is 2.36. The lowest BCUT2D eigenvalue weighted by molar-refractivity contribution is 0.437. The Morgan fingerprint density at radius 2 is 1.71 bits per heavy atom. The number of benzene rings is 1. The molecule has 1 atom stereocenters. The van der Waals surface area contributed by atoms with E-state index in [1.165, 1.54) is 18.4 Å². The fourth-order valence-corrected chi connectivity index (χ4v) is 2.04. The van der Waals surface area contributed by atoms with Crippen molar-refractivity contribution in [2.45, 2.75) is 39.2 Å². The first kappa shape index (κ1) is 14.2. The van der Waals surface area contributed by atoms with Crippen LogP contribution >= 0.6 is 0 Å². The highest BCUT2D eigenvalue weighted by Gasteiger charge is 2.06. The summed E-state index contributed by atoms with van der Waals surface area (Å²) in [7, 11) is 0. The summed E-state index contributed by atoms with van der Waals surface area (Å²) >= 11 is 0. The molecule has 0 bridgehead atoms. The second kappa shape index (κ2) is 8.26. The topological polar surface area (TPSA) is 38.0 Å². The number of rotatable bonds is 8. The van der Waals surface area contributed by atoms with Gasteiger partial charge >= 0.3 is 0 Å². The Balaban J connectivity index is 2.19. The summed E-state index contributed by atoms with van der Waals surface area (Å²) in [6.07, 6.45) is 3.45. The molecular formula is C15H26N2. The van der Waals surface area contributed by atoms with E-state index in [-0.39, 0.29) is 6.04 Å². The van der Waals surface area contributed by atoms with E-state index in [0.29, 0.717) is 0 Å². The molecule has 2 heteroatoms. The van der Waals surface area contributed by atoms with Crippen molar-refractivity contribution < 1.29 is 0 Å². The van der Waals surface area contributed by atoms with Gasteiger partial charge in [0.2, 0.25) is 0 Å². The van der Waals surface area contributed by atoms with Gasteiger partial charge < -0.3 is 11.1 Å². The minimum absolute atomic E-state index is 0.215. The first-order valence-corrected chi connectivity index (χ1v) is 6.76. The standard InChI is InChI=1S/C15H26N2/c1-3-13(4-2)11-17-12-15(16)10-14-8-6-5-7-9-14/h5-9,13,15,17H,3-4,10-12,16H2,1-2H3/t15-/m1/s1. The van der Waals surface area contributed by atoms with Crippen molar-refractivity contribution in [2.24, 2.45) is 11.7 Å². The normalized spacial score (nSPS) is 12.9. The quantitative estimate of drug-likeness (QED) is 0.725. The molecule has 96 valence electrons. The maximum absolute atomic E-state index is 6.11. The first-order valence-electron chi connectivity index (χ1n) is 6.76. The summed E-state index contributed by atoms with van der Waals surface area (Å²) in [6.45, 7) is 6.50. The van der Waals surface area contributed by atoms with Crippen LogP contribution in [0.4, 0.5) is 0 Å². The number of hydrogen-bond acceptors (Lipinski definition) is 2. The summed E-state index contributed by atoms with van der Waals surface area (Å²) in [5.74, 6) is 0.791. The molecular weight excluding hydrogens is 208 g/mol. The Labute approximate surface area is 106 Å². The molecule has 0 aliphatic rings. The van der Waals surface area contributed by atoms with Crippen molar-refractivity contribution in [3.63, 3.8) is 0 Å². The zero-order chi connectivity index (χ0) is 12.5. The Hall–Kier alpha value is -0.860. The Bertz CT molecular complexity index is 280. The Kier molecular flexibility index (Phi) is 6.90. The second-order valence-electron chi connectivity index (χ2n) is 4.79. The summed E-state index contributed by atoms with van der Waals surface area (Å²) in [5, 5.41) is 3.48. The van der Waals surface area contributed by atoms with E-state index in [2.05, 4.69) is 43.4 Å². The van der Waals surface area contributed by atoms with E-state index in [1.54, 1.807) is 0 Å². The molecule has 0 spiro atoms. The maximum atomic E-state index is 6.11. The smallest absolute Gasteiger partial charge is 0.0206 e. The van der Waals surface area contributed by atoms with Crippen LogP contribution in [-0.2, 0) is 6.42 Å². The van der Waals surface area contributed by atoms with Crippen LogP contribution in [0.25, 0.3) is 0 Å². The minimum atomic E-state index is 0.215. The molecule has 0 radical (unpaired) electrons. The van der Waals surface area contributed by atoms with Gasteiger partial charge in [0.1, 0.15) is 0 Å². The van der Waals surface area contributed by atoms with E-state index in [4.69, 9.17) is 5.73 Å². The number of nitrogens with one attached hydrogen (secondary N) is 1. The van der Waals surface area contributed by atoms with Gasteiger partial charge in [0, 0.05) is 12.6 Å². The van der Waals surface area contributed by atoms with Crippen molar-refractivity contribution >= 4 is 0 Å². The van der Waals surface area contributed by atoms with Crippen LogP contribution in [0, 0.1) is 5.92 Å². The van der Waals surface area contributed by atoms with Gasteiger partial charge in [-0.2, -0.15) is 0 Å². The molecule has 0 fully saturated rings. The zero-order valence-electron chi connectivity index (χ0n) is 11.2. The monoisotopic (exact) mass is 234 g/mol. The Morgan fingerprint density at radius 1 is 1.06 bits per heavy atom. The van der Waals surface area contributed by atoms with Gasteiger partial charge in [-0.1, -0.05) is 57.0 Å². The zero-order valence-corrected chi connectivity index (χ0v) is 11.2. The molecule has 0 saturated carbocycles.